The molecule has 2 amide bonds. The second-order valence-electron chi connectivity index (χ2n) is 7.88. The number of quaternary nitrogens is 1. The number of nitrogens with one attached hydrogen (secondary N) is 2. The largest absolute Gasteiger partial charge is 0.486 e. The molecule has 1 aliphatic heterocycles. The molecule has 1 unspecified atom stereocenters. The number of benzene rings is 1. The fraction of sp³-hybridized carbons (Fsp3) is 0.579. The fourth-order valence-electron chi connectivity index (χ4n) is 2.75. The van der Waals surface area contributed by atoms with Crippen LogP contribution in [0.25, 0.3) is 0 Å². The van der Waals surface area contributed by atoms with Crippen molar-refractivity contribution in [2.75, 3.05) is 40.3 Å². The molecule has 2 atom stereocenters. The maximum Gasteiger partial charge on any atom is 0.277 e. The number of hydrogen-bond donors (Lipinski definition) is 2. The van der Waals surface area contributed by atoms with Crippen LogP contribution in [0.15, 0.2) is 24.3 Å². The van der Waals surface area contributed by atoms with Gasteiger partial charge < -0.3 is 24.6 Å². The van der Waals surface area contributed by atoms with E-state index in [4.69, 9.17) is 9.47 Å². The number of amides is 2. The molecule has 1 aliphatic rings. The van der Waals surface area contributed by atoms with E-state index in [1.807, 2.05) is 52.1 Å². The van der Waals surface area contributed by atoms with E-state index in [0.717, 1.165) is 10.6 Å². The van der Waals surface area contributed by atoms with E-state index in [1.54, 1.807) is 11.9 Å². The molecule has 0 aromatic heterocycles. The van der Waals surface area contributed by atoms with Crippen molar-refractivity contribution in [1.82, 2.24) is 10.2 Å². The average molecular weight is 364 g/mol. The van der Waals surface area contributed by atoms with Gasteiger partial charge in [-0.2, -0.15) is 0 Å². The van der Waals surface area contributed by atoms with E-state index in [1.165, 1.54) is 0 Å². The maximum atomic E-state index is 12.4. The van der Waals surface area contributed by atoms with Crippen LogP contribution in [-0.4, -0.2) is 68.7 Å². The van der Waals surface area contributed by atoms with Gasteiger partial charge in [0, 0.05) is 12.6 Å². The van der Waals surface area contributed by atoms with Crippen molar-refractivity contribution >= 4 is 11.8 Å². The quantitative estimate of drug-likeness (QED) is 0.728. The zero-order valence-electron chi connectivity index (χ0n) is 16.3. The SMILES string of the molecule is CN(C[C@@H]1COc2ccccc2O1)C(=O)C[NH+](C)CC(=O)NC(C)(C)C. The van der Waals surface area contributed by atoms with Crippen LogP contribution >= 0.6 is 0 Å². The van der Waals surface area contributed by atoms with Crippen LogP contribution in [0.5, 0.6) is 11.5 Å². The Bertz CT molecular complexity index is 642. The third-order valence-corrected chi connectivity index (χ3v) is 3.90. The van der Waals surface area contributed by atoms with Crippen molar-refractivity contribution in [1.29, 1.82) is 0 Å². The Kier molecular flexibility index (Phi) is 6.47. The number of ether oxygens (including phenoxy) is 2. The highest BCUT2D eigenvalue weighted by atomic mass is 16.6. The Labute approximate surface area is 155 Å². The normalized spacial score (nSPS) is 17.3. The number of hydrogen-bond acceptors (Lipinski definition) is 4. The monoisotopic (exact) mass is 364 g/mol. The lowest BCUT2D eigenvalue weighted by Gasteiger charge is -2.30. The van der Waals surface area contributed by atoms with Crippen LogP contribution in [-0.2, 0) is 9.59 Å². The van der Waals surface area contributed by atoms with Crippen molar-refractivity contribution in [3.63, 3.8) is 0 Å². The predicted molar refractivity (Wildman–Crippen MR) is 98.5 cm³/mol. The number of carbonyl (C=O) groups is 2. The molecule has 0 bridgehead atoms. The van der Waals surface area contributed by atoms with Gasteiger partial charge in [-0.05, 0) is 32.9 Å². The molecule has 0 aliphatic carbocycles. The van der Waals surface area contributed by atoms with Crippen LogP contribution in [0.3, 0.4) is 0 Å². The summed E-state index contributed by atoms with van der Waals surface area (Å²) in [4.78, 5) is 26.9. The summed E-state index contributed by atoms with van der Waals surface area (Å²) in [5, 5.41) is 2.91. The minimum atomic E-state index is -0.271. The molecular weight excluding hydrogens is 334 g/mol. The summed E-state index contributed by atoms with van der Waals surface area (Å²) in [6.45, 7) is 7.15. The predicted octanol–water partition coefficient (Wildman–Crippen LogP) is -0.286. The summed E-state index contributed by atoms with van der Waals surface area (Å²) < 4.78 is 11.6. The molecule has 0 spiro atoms. The number of carbonyl (C=O) groups excluding carboxylic acids is 2. The van der Waals surface area contributed by atoms with E-state index in [9.17, 15) is 9.59 Å². The summed E-state index contributed by atoms with van der Waals surface area (Å²) in [5.41, 5.74) is -0.271. The molecule has 1 aromatic carbocycles. The van der Waals surface area contributed by atoms with Crippen LogP contribution < -0.4 is 19.7 Å². The Hall–Kier alpha value is -2.28. The van der Waals surface area contributed by atoms with Crippen LogP contribution in [0, 0.1) is 0 Å². The van der Waals surface area contributed by atoms with E-state index >= 15 is 0 Å². The second-order valence-corrected chi connectivity index (χ2v) is 7.88. The highest BCUT2D eigenvalue weighted by molar-refractivity contribution is 5.79. The fourth-order valence-corrected chi connectivity index (χ4v) is 2.75. The summed E-state index contributed by atoms with van der Waals surface area (Å²) in [6.07, 6.45) is -0.205. The van der Waals surface area contributed by atoms with Crippen molar-refractivity contribution < 1.29 is 24.0 Å². The molecule has 1 aromatic rings. The minimum absolute atomic E-state index is 0.0338. The highest BCUT2D eigenvalue weighted by Crippen LogP contribution is 2.30. The van der Waals surface area contributed by atoms with E-state index in [0.29, 0.717) is 18.9 Å². The molecule has 0 radical (unpaired) electrons. The Morgan fingerprint density at radius 1 is 1.23 bits per heavy atom. The molecule has 26 heavy (non-hydrogen) atoms. The Balaban J connectivity index is 1.78. The second kappa shape index (κ2) is 8.40. The number of fused-ring (bicyclic) bond motifs is 1. The van der Waals surface area contributed by atoms with Crippen molar-refractivity contribution in [2.45, 2.75) is 32.4 Å². The van der Waals surface area contributed by atoms with Gasteiger partial charge in [-0.1, -0.05) is 12.1 Å². The first-order chi connectivity index (χ1) is 12.1. The lowest BCUT2D eigenvalue weighted by molar-refractivity contribution is -0.863. The van der Waals surface area contributed by atoms with Crippen molar-refractivity contribution in [3.05, 3.63) is 24.3 Å². The van der Waals surface area contributed by atoms with Crippen LogP contribution in [0.4, 0.5) is 0 Å². The lowest BCUT2D eigenvalue weighted by atomic mass is 10.1. The number of para-hydroxylation sites is 2. The van der Waals surface area contributed by atoms with E-state index < -0.39 is 0 Å². The van der Waals surface area contributed by atoms with E-state index in [-0.39, 0.29) is 36.5 Å². The zero-order chi connectivity index (χ0) is 19.3. The molecule has 0 saturated heterocycles. The third-order valence-electron chi connectivity index (χ3n) is 3.90. The maximum absolute atomic E-state index is 12.4. The molecule has 0 saturated carbocycles. The first-order valence-electron chi connectivity index (χ1n) is 8.89. The van der Waals surface area contributed by atoms with Gasteiger partial charge in [0.1, 0.15) is 6.61 Å². The minimum Gasteiger partial charge on any atom is -0.486 e. The summed E-state index contributed by atoms with van der Waals surface area (Å²) in [6, 6.07) is 7.50. The first-order valence-corrected chi connectivity index (χ1v) is 8.89. The molecule has 2 N–H and O–H groups in total. The summed E-state index contributed by atoms with van der Waals surface area (Å²) in [7, 11) is 3.58. The third kappa shape index (κ3) is 6.22. The molecule has 7 nitrogen and oxygen atoms in total. The lowest BCUT2D eigenvalue weighted by Crippen LogP contribution is -3.11. The Morgan fingerprint density at radius 3 is 2.54 bits per heavy atom. The zero-order valence-corrected chi connectivity index (χ0v) is 16.3. The molecular formula is C19H30N3O4+. The summed E-state index contributed by atoms with van der Waals surface area (Å²) >= 11 is 0. The van der Waals surface area contributed by atoms with Gasteiger partial charge in [-0.3, -0.25) is 9.59 Å². The molecule has 0 fully saturated rings. The number of rotatable bonds is 6. The molecule has 2 rings (SSSR count). The average Bonchev–Trinajstić information content (AvgIpc) is 2.52. The number of nitrogens with zero attached hydrogens (tertiary/aromatic N) is 1. The summed E-state index contributed by atoms with van der Waals surface area (Å²) in [5.74, 6) is 1.33. The smallest absolute Gasteiger partial charge is 0.277 e. The molecule has 144 valence electrons. The van der Waals surface area contributed by atoms with E-state index in [2.05, 4.69) is 5.32 Å². The number of likely N-dealkylation sites (N-methyl/N-ethyl adjacent to an activating group) is 2. The first kappa shape index (κ1) is 20.0. The van der Waals surface area contributed by atoms with Gasteiger partial charge >= 0.3 is 0 Å². The van der Waals surface area contributed by atoms with Gasteiger partial charge in [0.25, 0.3) is 11.8 Å². The van der Waals surface area contributed by atoms with Gasteiger partial charge in [0.2, 0.25) is 0 Å². The van der Waals surface area contributed by atoms with Crippen molar-refractivity contribution in [2.24, 2.45) is 0 Å². The van der Waals surface area contributed by atoms with Gasteiger partial charge in [0.05, 0.1) is 13.6 Å². The standard InChI is InChI=1S/C19H29N3O4/c1-19(2,3)20-17(23)11-21(4)12-18(24)22(5)10-14-13-25-15-8-6-7-9-16(15)26-14/h6-9,14H,10-13H2,1-5H3,(H,20,23)/p+1/t14-/m1/s1. The molecule has 1 heterocycles. The van der Waals surface area contributed by atoms with Crippen molar-refractivity contribution in [3.8, 4) is 11.5 Å². The van der Waals surface area contributed by atoms with Gasteiger partial charge in [-0.25, -0.2) is 0 Å². The van der Waals surface area contributed by atoms with Gasteiger partial charge in [0.15, 0.2) is 30.7 Å². The molecule has 7 heteroatoms. The Morgan fingerprint density at radius 2 is 1.88 bits per heavy atom. The van der Waals surface area contributed by atoms with Gasteiger partial charge in [-0.15, -0.1) is 0 Å². The topological polar surface area (TPSA) is 72.3 Å². The van der Waals surface area contributed by atoms with Crippen LogP contribution in [0.2, 0.25) is 0 Å². The van der Waals surface area contributed by atoms with Crippen LogP contribution in [0.1, 0.15) is 20.8 Å². The highest BCUT2D eigenvalue weighted by Gasteiger charge is 2.25.